The van der Waals surface area contributed by atoms with Gasteiger partial charge in [-0.25, -0.2) is 0 Å². The molecular weight excluding hydrogens is 340 g/mol. The summed E-state index contributed by atoms with van der Waals surface area (Å²) in [6.45, 7) is 5.49. The van der Waals surface area contributed by atoms with Crippen LogP contribution in [0.25, 0.3) is 6.08 Å². The molecular formula is C23H28O2S. The molecule has 138 valence electrons. The van der Waals surface area contributed by atoms with Crippen LogP contribution in [-0.2, 0) is 11.3 Å². The third kappa shape index (κ3) is 6.15. The van der Waals surface area contributed by atoms with E-state index in [0.29, 0.717) is 6.61 Å². The first kappa shape index (κ1) is 18.9. The number of rotatable bonds is 8. The predicted molar refractivity (Wildman–Crippen MR) is 111 cm³/mol. The first-order valence-electron chi connectivity index (χ1n) is 9.37. The molecule has 0 amide bonds. The lowest BCUT2D eigenvalue weighted by molar-refractivity contribution is 0.00770. The monoisotopic (exact) mass is 368 g/mol. The van der Waals surface area contributed by atoms with E-state index >= 15 is 0 Å². The SMILES string of the molecule is CC(C)(/C=C\c1cccs1)OCc1ccc(OCC2=CCCCC2)cc1. The van der Waals surface area contributed by atoms with Gasteiger partial charge in [-0.3, -0.25) is 0 Å². The topological polar surface area (TPSA) is 18.5 Å². The standard InChI is InChI=1S/C23H28O2S/c1-23(2,15-14-22-9-6-16-26-22)25-18-20-10-12-21(13-11-20)24-17-19-7-4-3-5-8-19/h6-7,9-16H,3-5,8,17-18H2,1-2H3/b15-14-. The Hall–Kier alpha value is -1.84. The van der Waals surface area contributed by atoms with Gasteiger partial charge in [-0.1, -0.05) is 30.4 Å². The van der Waals surface area contributed by atoms with Crippen LogP contribution in [0.2, 0.25) is 0 Å². The molecule has 0 spiro atoms. The first-order chi connectivity index (χ1) is 12.6. The Bertz CT molecular complexity index is 724. The Morgan fingerprint density at radius 2 is 1.92 bits per heavy atom. The van der Waals surface area contributed by atoms with Gasteiger partial charge >= 0.3 is 0 Å². The predicted octanol–water partition coefficient (Wildman–Crippen LogP) is 6.64. The van der Waals surface area contributed by atoms with Gasteiger partial charge in [0.25, 0.3) is 0 Å². The minimum Gasteiger partial charge on any atom is -0.489 e. The van der Waals surface area contributed by atoms with Crippen molar-refractivity contribution < 1.29 is 9.47 Å². The van der Waals surface area contributed by atoms with Gasteiger partial charge in [-0.2, -0.15) is 0 Å². The third-order valence-corrected chi connectivity index (χ3v) is 5.37. The molecule has 1 aromatic carbocycles. The zero-order chi connectivity index (χ0) is 18.2. The highest BCUT2D eigenvalue weighted by Crippen LogP contribution is 2.21. The van der Waals surface area contributed by atoms with Crippen molar-refractivity contribution >= 4 is 17.4 Å². The van der Waals surface area contributed by atoms with Crippen molar-refractivity contribution in [1.29, 1.82) is 0 Å². The summed E-state index contributed by atoms with van der Waals surface area (Å²) in [7, 11) is 0. The number of allylic oxidation sites excluding steroid dienone is 1. The average molecular weight is 369 g/mol. The van der Waals surface area contributed by atoms with E-state index in [1.165, 1.54) is 36.1 Å². The number of hydrogen-bond donors (Lipinski definition) is 0. The Balaban J connectivity index is 1.46. The average Bonchev–Trinajstić information content (AvgIpc) is 3.19. The maximum atomic E-state index is 6.08. The Labute approximate surface area is 161 Å². The van der Waals surface area contributed by atoms with Gasteiger partial charge in [0.15, 0.2) is 0 Å². The molecule has 1 heterocycles. The summed E-state index contributed by atoms with van der Waals surface area (Å²) < 4.78 is 12.0. The van der Waals surface area contributed by atoms with E-state index in [1.54, 1.807) is 11.3 Å². The minimum atomic E-state index is -0.299. The molecule has 1 aliphatic rings. The fraction of sp³-hybridized carbons (Fsp3) is 0.391. The van der Waals surface area contributed by atoms with E-state index in [1.807, 2.05) is 12.1 Å². The second-order valence-electron chi connectivity index (χ2n) is 7.28. The lowest BCUT2D eigenvalue weighted by atomic mass is 10.0. The van der Waals surface area contributed by atoms with E-state index in [2.05, 4.69) is 61.7 Å². The number of benzene rings is 1. The van der Waals surface area contributed by atoms with Crippen molar-refractivity contribution in [2.24, 2.45) is 0 Å². The van der Waals surface area contributed by atoms with E-state index < -0.39 is 0 Å². The molecule has 26 heavy (non-hydrogen) atoms. The molecule has 1 aliphatic carbocycles. The maximum absolute atomic E-state index is 6.08. The van der Waals surface area contributed by atoms with Gasteiger partial charge in [-0.15, -0.1) is 11.3 Å². The summed E-state index contributed by atoms with van der Waals surface area (Å²) in [5.74, 6) is 0.928. The van der Waals surface area contributed by atoms with E-state index in [0.717, 1.165) is 17.9 Å². The second-order valence-corrected chi connectivity index (χ2v) is 8.26. The summed E-state index contributed by atoms with van der Waals surface area (Å²) >= 11 is 1.73. The van der Waals surface area contributed by atoms with Crippen LogP contribution in [0.15, 0.2) is 59.5 Å². The van der Waals surface area contributed by atoms with Gasteiger partial charge in [0.2, 0.25) is 0 Å². The largest absolute Gasteiger partial charge is 0.489 e. The van der Waals surface area contributed by atoms with E-state index in [9.17, 15) is 0 Å². The summed E-state index contributed by atoms with van der Waals surface area (Å²) in [6.07, 6.45) is 11.6. The highest BCUT2D eigenvalue weighted by Gasteiger charge is 2.14. The molecule has 2 nitrogen and oxygen atoms in total. The quantitative estimate of drug-likeness (QED) is 0.486. The van der Waals surface area contributed by atoms with E-state index in [-0.39, 0.29) is 5.60 Å². The zero-order valence-electron chi connectivity index (χ0n) is 15.7. The van der Waals surface area contributed by atoms with Gasteiger partial charge in [-0.05, 0) is 80.3 Å². The Morgan fingerprint density at radius 1 is 1.08 bits per heavy atom. The molecule has 0 bridgehead atoms. The molecule has 1 aromatic heterocycles. The number of ether oxygens (including phenoxy) is 2. The maximum Gasteiger partial charge on any atom is 0.119 e. The molecule has 0 saturated heterocycles. The lowest BCUT2D eigenvalue weighted by Gasteiger charge is -2.21. The number of thiophene rings is 1. The molecule has 0 aliphatic heterocycles. The fourth-order valence-electron chi connectivity index (χ4n) is 2.88. The smallest absolute Gasteiger partial charge is 0.119 e. The van der Waals surface area contributed by atoms with Gasteiger partial charge in [0.1, 0.15) is 12.4 Å². The molecule has 0 saturated carbocycles. The molecule has 2 aromatic rings. The third-order valence-electron chi connectivity index (χ3n) is 4.54. The lowest BCUT2D eigenvalue weighted by Crippen LogP contribution is -2.20. The van der Waals surface area contributed by atoms with Crippen molar-refractivity contribution in [2.45, 2.75) is 51.7 Å². The molecule has 3 heteroatoms. The van der Waals surface area contributed by atoms with Crippen LogP contribution in [0.3, 0.4) is 0 Å². The molecule has 0 unspecified atom stereocenters. The molecule has 0 atom stereocenters. The van der Waals surface area contributed by atoms with Crippen molar-refractivity contribution in [1.82, 2.24) is 0 Å². The molecule has 0 N–H and O–H groups in total. The first-order valence-corrected chi connectivity index (χ1v) is 10.3. The molecule has 0 radical (unpaired) electrons. The van der Waals surface area contributed by atoms with Crippen molar-refractivity contribution in [3.05, 3.63) is 69.9 Å². The van der Waals surface area contributed by atoms with Gasteiger partial charge < -0.3 is 9.47 Å². The van der Waals surface area contributed by atoms with Crippen LogP contribution >= 0.6 is 11.3 Å². The Kier molecular flexibility index (Phi) is 6.70. The molecule has 3 rings (SSSR count). The minimum absolute atomic E-state index is 0.299. The summed E-state index contributed by atoms with van der Waals surface area (Å²) in [6, 6.07) is 12.4. The zero-order valence-corrected chi connectivity index (χ0v) is 16.6. The number of hydrogen-bond acceptors (Lipinski definition) is 3. The van der Waals surface area contributed by atoms with Crippen LogP contribution in [-0.4, -0.2) is 12.2 Å². The van der Waals surface area contributed by atoms with Crippen LogP contribution in [0.4, 0.5) is 0 Å². The van der Waals surface area contributed by atoms with E-state index in [4.69, 9.17) is 9.47 Å². The van der Waals surface area contributed by atoms with Crippen LogP contribution in [0, 0.1) is 0 Å². The second kappa shape index (κ2) is 9.20. The van der Waals surface area contributed by atoms with Crippen LogP contribution < -0.4 is 4.74 Å². The van der Waals surface area contributed by atoms with Crippen LogP contribution in [0.5, 0.6) is 5.75 Å². The fourth-order valence-corrected chi connectivity index (χ4v) is 3.50. The van der Waals surface area contributed by atoms with Crippen LogP contribution in [0.1, 0.15) is 50.0 Å². The van der Waals surface area contributed by atoms with Crippen molar-refractivity contribution in [3.63, 3.8) is 0 Å². The van der Waals surface area contributed by atoms with Gasteiger partial charge in [0.05, 0.1) is 12.2 Å². The summed E-state index contributed by atoms with van der Waals surface area (Å²) in [4.78, 5) is 1.25. The van der Waals surface area contributed by atoms with Gasteiger partial charge in [0, 0.05) is 4.88 Å². The summed E-state index contributed by atoms with van der Waals surface area (Å²) in [5.41, 5.74) is 2.29. The van der Waals surface area contributed by atoms with Crippen molar-refractivity contribution in [2.75, 3.05) is 6.61 Å². The summed E-state index contributed by atoms with van der Waals surface area (Å²) in [5, 5.41) is 2.09. The molecule has 0 fully saturated rings. The normalized spacial score (nSPS) is 15.2. The highest BCUT2D eigenvalue weighted by molar-refractivity contribution is 7.10. The Morgan fingerprint density at radius 3 is 2.62 bits per heavy atom. The van der Waals surface area contributed by atoms with Crippen molar-refractivity contribution in [3.8, 4) is 5.75 Å². The highest BCUT2D eigenvalue weighted by atomic mass is 32.1.